The number of carbonyl (C=O) groups is 1. The standard InChI is InChI=1S/C17H15Cl4NO2/c1-17(2,3)10-6-4-9(5-7-10)8-24-16(23)14-12(19)11(18)13(20)15(21)22-14/h4-7H,8H2,1-3H3. The van der Waals surface area contributed by atoms with E-state index in [1.165, 1.54) is 5.56 Å². The molecule has 2 rings (SSSR count). The lowest BCUT2D eigenvalue weighted by atomic mass is 9.87. The van der Waals surface area contributed by atoms with E-state index in [0.29, 0.717) is 0 Å². The fourth-order valence-corrected chi connectivity index (χ4v) is 2.75. The van der Waals surface area contributed by atoms with Gasteiger partial charge in [-0.05, 0) is 16.5 Å². The van der Waals surface area contributed by atoms with Crippen LogP contribution >= 0.6 is 46.4 Å². The Morgan fingerprint density at radius 3 is 2.12 bits per heavy atom. The van der Waals surface area contributed by atoms with E-state index < -0.39 is 5.97 Å². The van der Waals surface area contributed by atoms with Crippen molar-refractivity contribution >= 4 is 52.4 Å². The Hall–Kier alpha value is -1.000. The number of halogens is 4. The highest BCUT2D eigenvalue weighted by atomic mass is 35.5. The molecule has 2 aromatic rings. The van der Waals surface area contributed by atoms with E-state index in [-0.39, 0.29) is 37.9 Å². The zero-order valence-electron chi connectivity index (χ0n) is 13.3. The summed E-state index contributed by atoms with van der Waals surface area (Å²) in [5.41, 5.74) is 1.93. The third kappa shape index (κ3) is 4.34. The summed E-state index contributed by atoms with van der Waals surface area (Å²) in [5, 5.41) is -0.218. The molecule has 7 heteroatoms. The summed E-state index contributed by atoms with van der Waals surface area (Å²) >= 11 is 23.5. The van der Waals surface area contributed by atoms with Gasteiger partial charge in [-0.25, -0.2) is 9.78 Å². The van der Waals surface area contributed by atoms with Crippen molar-refractivity contribution in [1.82, 2.24) is 4.98 Å². The van der Waals surface area contributed by atoms with Crippen molar-refractivity contribution in [2.24, 2.45) is 0 Å². The van der Waals surface area contributed by atoms with Gasteiger partial charge in [0.25, 0.3) is 0 Å². The zero-order valence-corrected chi connectivity index (χ0v) is 16.3. The van der Waals surface area contributed by atoms with E-state index in [9.17, 15) is 4.79 Å². The lowest BCUT2D eigenvalue weighted by Gasteiger charge is -2.19. The number of esters is 1. The lowest BCUT2D eigenvalue weighted by molar-refractivity contribution is 0.0466. The van der Waals surface area contributed by atoms with Gasteiger partial charge in [-0.15, -0.1) is 0 Å². The summed E-state index contributed by atoms with van der Waals surface area (Å²) in [4.78, 5) is 16.0. The van der Waals surface area contributed by atoms with Gasteiger partial charge in [0.2, 0.25) is 0 Å². The lowest BCUT2D eigenvalue weighted by Crippen LogP contribution is -2.11. The second kappa shape index (κ2) is 7.49. The van der Waals surface area contributed by atoms with Crippen LogP contribution < -0.4 is 0 Å². The first-order valence-corrected chi connectivity index (χ1v) is 8.59. The molecule has 0 aliphatic carbocycles. The van der Waals surface area contributed by atoms with Crippen LogP contribution in [0, 0.1) is 0 Å². The van der Waals surface area contributed by atoms with Crippen molar-refractivity contribution in [3.8, 4) is 0 Å². The molecule has 0 aliphatic rings. The van der Waals surface area contributed by atoms with Crippen molar-refractivity contribution in [2.75, 3.05) is 0 Å². The van der Waals surface area contributed by atoms with Gasteiger partial charge in [-0.2, -0.15) is 0 Å². The molecule has 128 valence electrons. The molecule has 0 fully saturated rings. The van der Waals surface area contributed by atoms with E-state index in [4.69, 9.17) is 51.1 Å². The maximum Gasteiger partial charge on any atom is 0.358 e. The molecule has 1 aromatic carbocycles. The Morgan fingerprint density at radius 1 is 1.00 bits per heavy atom. The Labute approximate surface area is 160 Å². The average Bonchev–Trinajstić information content (AvgIpc) is 2.53. The molecule has 1 aromatic heterocycles. The van der Waals surface area contributed by atoms with E-state index in [2.05, 4.69) is 25.8 Å². The monoisotopic (exact) mass is 405 g/mol. The molecule has 0 aliphatic heterocycles. The van der Waals surface area contributed by atoms with E-state index in [0.717, 1.165) is 5.56 Å². The maximum atomic E-state index is 12.2. The first-order chi connectivity index (χ1) is 11.1. The number of carbonyl (C=O) groups excluding carboxylic acids is 1. The number of hydrogen-bond donors (Lipinski definition) is 0. The Kier molecular flexibility index (Phi) is 6.03. The number of pyridine rings is 1. The molecule has 0 unspecified atom stereocenters. The van der Waals surface area contributed by atoms with Crippen LogP contribution in [0.25, 0.3) is 0 Å². The van der Waals surface area contributed by atoms with Crippen LogP contribution in [0.15, 0.2) is 24.3 Å². The highest BCUT2D eigenvalue weighted by Crippen LogP contribution is 2.36. The van der Waals surface area contributed by atoms with Crippen LogP contribution in [-0.2, 0) is 16.8 Å². The molecule has 0 bridgehead atoms. The molecule has 0 atom stereocenters. The van der Waals surface area contributed by atoms with Gasteiger partial charge in [-0.1, -0.05) is 91.4 Å². The van der Waals surface area contributed by atoms with Gasteiger partial charge in [0, 0.05) is 0 Å². The molecule has 0 spiro atoms. The van der Waals surface area contributed by atoms with E-state index in [1.807, 2.05) is 24.3 Å². The molecule has 0 radical (unpaired) electrons. The fourth-order valence-electron chi connectivity index (χ4n) is 1.94. The molecule has 0 saturated heterocycles. The molecule has 0 amide bonds. The van der Waals surface area contributed by atoms with Crippen molar-refractivity contribution in [1.29, 1.82) is 0 Å². The summed E-state index contributed by atoms with van der Waals surface area (Å²) in [5.74, 6) is -0.722. The third-order valence-corrected chi connectivity index (χ3v) is 5.05. The summed E-state index contributed by atoms with van der Waals surface area (Å²) in [7, 11) is 0. The quantitative estimate of drug-likeness (QED) is 0.440. The van der Waals surface area contributed by atoms with Gasteiger partial charge in [-0.3, -0.25) is 0 Å². The highest BCUT2D eigenvalue weighted by Gasteiger charge is 2.21. The topological polar surface area (TPSA) is 39.2 Å². The predicted octanol–water partition coefficient (Wildman–Crippen LogP) is 6.35. The van der Waals surface area contributed by atoms with Crippen LogP contribution in [0.1, 0.15) is 42.4 Å². The van der Waals surface area contributed by atoms with Crippen LogP contribution in [-0.4, -0.2) is 11.0 Å². The minimum atomic E-state index is -0.722. The number of rotatable bonds is 3. The second-order valence-electron chi connectivity index (χ2n) is 6.22. The molecular formula is C17H15Cl4NO2. The smallest absolute Gasteiger partial charge is 0.358 e. The molecule has 24 heavy (non-hydrogen) atoms. The molecule has 1 heterocycles. The Bertz CT molecular complexity index is 768. The normalized spacial score (nSPS) is 11.5. The summed E-state index contributed by atoms with van der Waals surface area (Å²) in [6.45, 7) is 6.47. The summed E-state index contributed by atoms with van der Waals surface area (Å²) in [6.07, 6.45) is 0. The number of hydrogen-bond acceptors (Lipinski definition) is 3. The summed E-state index contributed by atoms with van der Waals surface area (Å²) < 4.78 is 5.22. The maximum absolute atomic E-state index is 12.2. The number of ether oxygens (including phenoxy) is 1. The molecule has 0 N–H and O–H groups in total. The minimum Gasteiger partial charge on any atom is -0.456 e. The van der Waals surface area contributed by atoms with Crippen molar-refractivity contribution in [2.45, 2.75) is 32.8 Å². The minimum absolute atomic E-state index is 0.00217. The average molecular weight is 407 g/mol. The van der Waals surface area contributed by atoms with Crippen LogP contribution in [0.3, 0.4) is 0 Å². The van der Waals surface area contributed by atoms with Crippen LogP contribution in [0.2, 0.25) is 20.2 Å². The molecular weight excluding hydrogens is 392 g/mol. The van der Waals surface area contributed by atoms with Crippen molar-refractivity contribution < 1.29 is 9.53 Å². The van der Waals surface area contributed by atoms with Crippen molar-refractivity contribution in [3.63, 3.8) is 0 Å². The SMILES string of the molecule is CC(C)(C)c1ccc(COC(=O)c2nc(Cl)c(Cl)c(Cl)c2Cl)cc1. The highest BCUT2D eigenvalue weighted by molar-refractivity contribution is 6.52. The molecule has 3 nitrogen and oxygen atoms in total. The second-order valence-corrected chi connectivity index (χ2v) is 7.71. The fraction of sp³-hybridized carbons (Fsp3) is 0.294. The predicted molar refractivity (Wildman–Crippen MR) is 98.5 cm³/mol. The van der Waals surface area contributed by atoms with E-state index in [1.54, 1.807) is 0 Å². The van der Waals surface area contributed by atoms with Gasteiger partial charge in [0.1, 0.15) is 11.8 Å². The number of aromatic nitrogens is 1. The Morgan fingerprint density at radius 2 is 1.58 bits per heavy atom. The molecule has 0 saturated carbocycles. The largest absolute Gasteiger partial charge is 0.456 e. The Balaban J connectivity index is 2.12. The van der Waals surface area contributed by atoms with Crippen LogP contribution in [0.4, 0.5) is 0 Å². The van der Waals surface area contributed by atoms with E-state index >= 15 is 0 Å². The zero-order chi connectivity index (χ0) is 18.1. The summed E-state index contributed by atoms with van der Waals surface area (Å²) in [6, 6.07) is 7.82. The number of nitrogens with zero attached hydrogens (tertiary/aromatic N) is 1. The van der Waals surface area contributed by atoms with Gasteiger partial charge in [0.15, 0.2) is 5.69 Å². The van der Waals surface area contributed by atoms with Gasteiger partial charge < -0.3 is 4.74 Å². The van der Waals surface area contributed by atoms with Gasteiger partial charge >= 0.3 is 5.97 Å². The van der Waals surface area contributed by atoms with Gasteiger partial charge in [0.05, 0.1) is 15.1 Å². The third-order valence-electron chi connectivity index (χ3n) is 3.37. The number of benzene rings is 1. The first-order valence-electron chi connectivity index (χ1n) is 7.07. The van der Waals surface area contributed by atoms with Crippen LogP contribution in [0.5, 0.6) is 0 Å². The van der Waals surface area contributed by atoms with Crippen molar-refractivity contribution in [3.05, 3.63) is 61.3 Å². The first kappa shape index (κ1) is 19.3.